The molecule has 0 aliphatic carbocycles. The molecule has 0 aliphatic rings. The van der Waals surface area contributed by atoms with Crippen molar-refractivity contribution >= 4 is 12.7 Å². The predicted molar refractivity (Wildman–Crippen MR) is 44.6 cm³/mol. The van der Waals surface area contributed by atoms with Crippen LogP contribution in [-0.2, 0) is 0 Å². The van der Waals surface area contributed by atoms with Crippen LogP contribution in [0.4, 0.5) is 12.9 Å². The Morgan fingerprint density at radius 3 is 2.00 bits per heavy atom. The molecule has 0 N–H and O–H groups in total. The van der Waals surface area contributed by atoms with E-state index >= 15 is 0 Å². The fraction of sp³-hybridized carbons (Fsp3) is 0. The molecule has 0 atom stereocenters. The second-order valence-electron chi connectivity index (χ2n) is 2.63. The first-order chi connectivity index (χ1) is 6.45. The summed E-state index contributed by atoms with van der Waals surface area (Å²) < 4.78 is 35.9. The molecule has 0 heterocycles. The van der Waals surface area contributed by atoms with Crippen molar-refractivity contribution in [2.75, 3.05) is 0 Å². The fourth-order valence-corrected chi connectivity index (χ4v) is 0.898. The summed E-state index contributed by atoms with van der Waals surface area (Å²) in [7, 11) is 0. The van der Waals surface area contributed by atoms with Gasteiger partial charge in [-0.3, -0.25) is 0 Å². The van der Waals surface area contributed by atoms with E-state index in [0.717, 1.165) is 12.1 Å². The van der Waals surface area contributed by atoms with Gasteiger partial charge < -0.3 is 17.7 Å². The molecule has 0 aromatic heterocycles. The van der Waals surface area contributed by atoms with Crippen molar-refractivity contribution in [1.82, 2.24) is 0 Å². The maximum absolute atomic E-state index is 12.0. The molecular weight excluding hydrogens is 233 g/mol. The average molecular weight is 237 g/mol. The van der Waals surface area contributed by atoms with Crippen molar-refractivity contribution < 1.29 is 69.1 Å². The zero-order chi connectivity index (χ0) is 10.8. The number of hydrogen-bond donors (Lipinski definition) is 0. The zero-order valence-corrected chi connectivity index (χ0v) is 11.0. The molecule has 1 rings (SSSR count). The minimum Gasteiger partial charge on any atom is -0.443 e. The molecule has 1 aromatic rings. The van der Waals surface area contributed by atoms with Crippen LogP contribution in [0.15, 0.2) is 24.3 Å². The zero-order valence-electron chi connectivity index (χ0n) is 7.88. The first kappa shape index (κ1) is 14.9. The van der Waals surface area contributed by atoms with Crippen LogP contribution in [0.25, 0.3) is 0 Å². The molecule has 0 amide bonds. The van der Waals surface area contributed by atoms with Crippen molar-refractivity contribution in [2.24, 2.45) is 0 Å². The van der Waals surface area contributed by atoms with E-state index < -0.39 is 18.2 Å². The van der Waals surface area contributed by atoms with E-state index in [-0.39, 0.29) is 56.9 Å². The third-order valence-electron chi connectivity index (χ3n) is 1.60. The summed E-state index contributed by atoms with van der Waals surface area (Å²) in [6.45, 7) is -5.49. The van der Waals surface area contributed by atoms with Gasteiger partial charge in [0.15, 0.2) is 0 Å². The standard InChI is InChI=1S/C8H4BF3NO.K/c10-9(11,12)8(14)7-3-1-6(5-13)2-4-7;/h1-4H;/q-1;+1. The summed E-state index contributed by atoms with van der Waals surface area (Å²) in [6, 6.07) is 6.09. The van der Waals surface area contributed by atoms with E-state index in [4.69, 9.17) is 5.26 Å². The fourth-order valence-electron chi connectivity index (χ4n) is 0.898. The van der Waals surface area contributed by atoms with Gasteiger partial charge >= 0.3 is 58.4 Å². The normalized spacial score (nSPS) is 10.0. The molecule has 0 spiro atoms. The van der Waals surface area contributed by atoms with Crippen molar-refractivity contribution in [2.45, 2.75) is 0 Å². The van der Waals surface area contributed by atoms with E-state index in [1.165, 1.54) is 12.1 Å². The Balaban J connectivity index is 0.00000196. The Bertz CT molecular complexity index is 396. The van der Waals surface area contributed by atoms with Gasteiger partial charge in [0, 0.05) is 0 Å². The molecule has 0 radical (unpaired) electrons. The van der Waals surface area contributed by atoms with Gasteiger partial charge in [0.05, 0.1) is 11.6 Å². The molecule has 0 saturated heterocycles. The Kier molecular flexibility index (Phi) is 5.77. The molecule has 0 saturated carbocycles. The van der Waals surface area contributed by atoms with E-state index in [0.29, 0.717) is 0 Å². The smallest absolute Gasteiger partial charge is 0.443 e. The van der Waals surface area contributed by atoms with Crippen LogP contribution in [-0.4, -0.2) is 12.7 Å². The minimum atomic E-state index is -5.49. The molecular formula is C8H4BF3KNO. The van der Waals surface area contributed by atoms with Crippen LogP contribution < -0.4 is 51.4 Å². The van der Waals surface area contributed by atoms with Gasteiger partial charge in [0.1, 0.15) is 5.68 Å². The van der Waals surface area contributed by atoms with Crippen LogP contribution >= 0.6 is 0 Å². The summed E-state index contributed by atoms with van der Waals surface area (Å²) in [5, 5.41) is 8.37. The summed E-state index contributed by atoms with van der Waals surface area (Å²) in [5.74, 6) is 0. The SMILES string of the molecule is N#Cc1ccc(C(=O)[B-](F)(F)F)cc1.[K+]. The molecule has 1 aromatic carbocycles. The summed E-state index contributed by atoms with van der Waals surface area (Å²) in [5.41, 5.74) is -2.05. The van der Waals surface area contributed by atoms with E-state index in [2.05, 4.69) is 0 Å². The Morgan fingerprint density at radius 1 is 1.20 bits per heavy atom. The molecule has 72 valence electrons. The van der Waals surface area contributed by atoms with Crippen molar-refractivity contribution in [3.8, 4) is 6.07 Å². The topological polar surface area (TPSA) is 40.9 Å². The molecule has 7 heteroatoms. The third-order valence-corrected chi connectivity index (χ3v) is 1.60. The number of hydrogen-bond acceptors (Lipinski definition) is 2. The number of carbonyl (C=O) groups excluding carboxylic acids is 1. The maximum atomic E-state index is 12.0. The summed E-state index contributed by atoms with van der Waals surface area (Å²) in [4.78, 5) is 10.7. The van der Waals surface area contributed by atoms with Gasteiger partial charge in [0.2, 0.25) is 0 Å². The van der Waals surface area contributed by atoms with Gasteiger partial charge in [0.25, 0.3) is 0 Å². The average Bonchev–Trinajstić information content (AvgIpc) is 2.15. The first-order valence-corrected chi connectivity index (χ1v) is 3.69. The van der Waals surface area contributed by atoms with Crippen molar-refractivity contribution in [3.63, 3.8) is 0 Å². The van der Waals surface area contributed by atoms with Gasteiger partial charge in [-0.2, -0.15) is 5.26 Å². The van der Waals surface area contributed by atoms with Crippen LogP contribution in [0.2, 0.25) is 0 Å². The van der Waals surface area contributed by atoms with Crippen LogP contribution in [0.1, 0.15) is 15.9 Å². The molecule has 2 nitrogen and oxygen atoms in total. The number of halogens is 3. The molecule has 0 bridgehead atoms. The van der Waals surface area contributed by atoms with E-state index in [1.54, 1.807) is 6.07 Å². The van der Waals surface area contributed by atoms with Gasteiger partial charge in [-0.05, 0) is 17.7 Å². The first-order valence-electron chi connectivity index (χ1n) is 3.69. The van der Waals surface area contributed by atoms with Crippen LogP contribution in [0, 0.1) is 11.3 Å². The summed E-state index contributed by atoms with van der Waals surface area (Å²) in [6.07, 6.45) is 0. The molecule has 0 unspecified atom stereocenters. The van der Waals surface area contributed by atoms with Gasteiger partial charge in [-0.1, -0.05) is 12.1 Å². The predicted octanol–water partition coefficient (Wildman–Crippen LogP) is -0.868. The number of rotatable bonds is 2. The van der Waals surface area contributed by atoms with Crippen molar-refractivity contribution in [1.29, 1.82) is 5.26 Å². The second-order valence-corrected chi connectivity index (χ2v) is 2.63. The van der Waals surface area contributed by atoms with E-state index in [1.807, 2.05) is 0 Å². The molecule has 0 fully saturated rings. The summed E-state index contributed by atoms with van der Waals surface area (Å²) >= 11 is 0. The Morgan fingerprint density at radius 2 is 1.67 bits per heavy atom. The molecule has 15 heavy (non-hydrogen) atoms. The van der Waals surface area contributed by atoms with Gasteiger partial charge in [-0.25, -0.2) is 0 Å². The van der Waals surface area contributed by atoms with Gasteiger partial charge in [-0.15, -0.1) is 0 Å². The third kappa shape index (κ3) is 4.09. The number of nitriles is 1. The number of carbonyl (C=O) groups is 1. The monoisotopic (exact) mass is 237 g/mol. The van der Waals surface area contributed by atoms with Crippen LogP contribution in [0.3, 0.4) is 0 Å². The Hall–Kier alpha value is -0.129. The minimum absolute atomic E-state index is 0. The quantitative estimate of drug-likeness (QED) is 0.627. The Labute approximate surface area is 127 Å². The largest absolute Gasteiger partial charge is 1.00 e. The number of nitrogens with zero attached hydrogens (tertiary/aromatic N) is 1. The second kappa shape index (κ2) is 5.82. The van der Waals surface area contributed by atoms with Crippen molar-refractivity contribution in [3.05, 3.63) is 35.4 Å². The maximum Gasteiger partial charge on any atom is 1.00 e. The molecule has 0 aliphatic heterocycles. The number of benzene rings is 1. The van der Waals surface area contributed by atoms with Crippen LogP contribution in [0.5, 0.6) is 0 Å². The van der Waals surface area contributed by atoms with E-state index in [9.17, 15) is 17.7 Å².